The van der Waals surface area contributed by atoms with E-state index in [1.165, 1.54) is 24.3 Å². The minimum absolute atomic E-state index is 0.231. The number of amides is 1. The van der Waals surface area contributed by atoms with Gasteiger partial charge < -0.3 is 15.3 Å². The standard InChI is InChI=1S/C11H8N2O5/c14-8-5-6(1-2-7(8)11(17)12-18)13-9(15)3-4-10(13)16/h1-5,14-16H. The number of rotatable bonds is 2. The molecule has 1 heterocycles. The molecule has 0 unspecified atom stereocenters. The van der Waals surface area contributed by atoms with Crippen LogP contribution in [0.15, 0.2) is 35.5 Å². The van der Waals surface area contributed by atoms with Crippen LogP contribution in [-0.4, -0.2) is 25.8 Å². The van der Waals surface area contributed by atoms with E-state index in [0.717, 1.165) is 10.6 Å². The highest BCUT2D eigenvalue weighted by atomic mass is 16.3. The smallest absolute Gasteiger partial charge is 0.320 e. The van der Waals surface area contributed by atoms with Crippen LogP contribution in [0, 0.1) is 4.91 Å². The van der Waals surface area contributed by atoms with Gasteiger partial charge in [0.05, 0.1) is 11.3 Å². The van der Waals surface area contributed by atoms with Crippen molar-refractivity contribution in [2.75, 3.05) is 0 Å². The van der Waals surface area contributed by atoms with Crippen molar-refractivity contribution in [3.63, 3.8) is 0 Å². The Kier molecular flexibility index (Phi) is 2.72. The third-order valence-corrected chi connectivity index (χ3v) is 2.39. The first-order chi connectivity index (χ1) is 8.54. The molecule has 18 heavy (non-hydrogen) atoms. The third kappa shape index (κ3) is 1.77. The van der Waals surface area contributed by atoms with Gasteiger partial charge in [0.25, 0.3) is 0 Å². The van der Waals surface area contributed by atoms with Gasteiger partial charge in [-0.25, -0.2) is 0 Å². The summed E-state index contributed by atoms with van der Waals surface area (Å²) < 4.78 is 1.04. The average Bonchev–Trinajstić information content (AvgIpc) is 2.68. The van der Waals surface area contributed by atoms with Crippen molar-refractivity contribution in [1.82, 2.24) is 4.57 Å². The first-order valence-electron chi connectivity index (χ1n) is 4.85. The molecule has 3 N–H and O–H groups in total. The Bertz CT molecular complexity index is 613. The van der Waals surface area contributed by atoms with E-state index in [1.54, 1.807) is 0 Å². The molecule has 7 nitrogen and oxygen atoms in total. The minimum atomic E-state index is -1.10. The van der Waals surface area contributed by atoms with Gasteiger partial charge >= 0.3 is 5.91 Å². The van der Waals surface area contributed by atoms with Crippen molar-refractivity contribution in [2.24, 2.45) is 5.18 Å². The van der Waals surface area contributed by atoms with E-state index in [4.69, 9.17) is 0 Å². The Morgan fingerprint density at radius 3 is 2.17 bits per heavy atom. The number of phenolic OH excluding ortho intramolecular Hbond substituents is 1. The van der Waals surface area contributed by atoms with Crippen LogP contribution < -0.4 is 0 Å². The normalized spacial score (nSPS) is 10.2. The lowest BCUT2D eigenvalue weighted by Crippen LogP contribution is -1.97. The lowest BCUT2D eigenvalue weighted by Gasteiger charge is -2.08. The van der Waals surface area contributed by atoms with Gasteiger partial charge in [-0.15, -0.1) is 4.91 Å². The predicted molar refractivity (Wildman–Crippen MR) is 60.9 cm³/mol. The second kappa shape index (κ2) is 4.21. The molecule has 0 saturated heterocycles. The Morgan fingerprint density at radius 1 is 1.06 bits per heavy atom. The molecular weight excluding hydrogens is 240 g/mol. The molecule has 7 heteroatoms. The van der Waals surface area contributed by atoms with Crippen molar-refractivity contribution in [1.29, 1.82) is 0 Å². The number of carbonyl (C=O) groups excluding carboxylic acids is 1. The lowest BCUT2D eigenvalue weighted by molar-refractivity contribution is 0.0998. The molecule has 1 amide bonds. The summed E-state index contributed by atoms with van der Waals surface area (Å²) in [6, 6.07) is 6.17. The zero-order valence-electron chi connectivity index (χ0n) is 8.94. The second-order valence-corrected chi connectivity index (χ2v) is 3.48. The number of nitroso groups, excluding NO2 is 1. The SMILES string of the molecule is O=NC(=O)c1ccc(-n2c(O)ccc2O)cc1O. The fourth-order valence-corrected chi connectivity index (χ4v) is 1.57. The lowest BCUT2D eigenvalue weighted by atomic mass is 10.1. The van der Waals surface area contributed by atoms with Gasteiger partial charge in [-0.3, -0.25) is 9.36 Å². The first kappa shape index (κ1) is 11.6. The molecule has 0 bridgehead atoms. The molecule has 2 rings (SSSR count). The van der Waals surface area contributed by atoms with E-state index in [9.17, 15) is 25.0 Å². The molecule has 0 radical (unpaired) electrons. The van der Waals surface area contributed by atoms with E-state index in [0.29, 0.717) is 0 Å². The number of hydrogen-bond acceptors (Lipinski definition) is 5. The predicted octanol–water partition coefficient (Wildman–Crippen LogP) is 1.50. The van der Waals surface area contributed by atoms with Crippen LogP contribution in [0.3, 0.4) is 0 Å². The minimum Gasteiger partial charge on any atom is -0.507 e. The fourth-order valence-electron chi connectivity index (χ4n) is 1.57. The summed E-state index contributed by atoms with van der Waals surface area (Å²) in [6.45, 7) is 0. The summed E-state index contributed by atoms with van der Waals surface area (Å²) in [5, 5.41) is 30.7. The molecule has 0 aliphatic rings. The molecule has 2 aromatic rings. The summed E-state index contributed by atoms with van der Waals surface area (Å²) >= 11 is 0. The first-order valence-corrected chi connectivity index (χ1v) is 4.85. The Labute approximate surface area is 101 Å². The summed E-state index contributed by atoms with van der Waals surface area (Å²) in [5.74, 6) is -2.04. The third-order valence-electron chi connectivity index (χ3n) is 2.39. The van der Waals surface area contributed by atoms with Crippen molar-refractivity contribution < 1.29 is 20.1 Å². The van der Waals surface area contributed by atoms with E-state index >= 15 is 0 Å². The molecule has 0 atom stereocenters. The highest BCUT2D eigenvalue weighted by Gasteiger charge is 2.14. The number of benzene rings is 1. The van der Waals surface area contributed by atoms with Crippen LogP contribution in [0.1, 0.15) is 10.4 Å². The van der Waals surface area contributed by atoms with Gasteiger partial charge in [0.1, 0.15) is 5.75 Å². The van der Waals surface area contributed by atoms with Crippen LogP contribution in [0.2, 0.25) is 0 Å². The molecule has 1 aromatic carbocycles. The highest BCUT2D eigenvalue weighted by molar-refractivity contribution is 5.97. The monoisotopic (exact) mass is 248 g/mol. The number of aromatic hydroxyl groups is 3. The van der Waals surface area contributed by atoms with Gasteiger partial charge in [0, 0.05) is 23.4 Å². The van der Waals surface area contributed by atoms with Crippen LogP contribution in [0.25, 0.3) is 5.69 Å². The molecule has 1 aromatic heterocycles. The molecule has 0 aliphatic carbocycles. The largest absolute Gasteiger partial charge is 0.507 e. The maximum Gasteiger partial charge on any atom is 0.320 e. The van der Waals surface area contributed by atoms with Crippen molar-refractivity contribution in [3.05, 3.63) is 40.8 Å². The molecule has 0 aliphatic heterocycles. The van der Waals surface area contributed by atoms with E-state index in [1.807, 2.05) is 0 Å². The number of hydrogen-bond donors (Lipinski definition) is 3. The van der Waals surface area contributed by atoms with Gasteiger partial charge in [0.15, 0.2) is 11.8 Å². The molecule has 0 spiro atoms. The number of aromatic nitrogens is 1. The van der Waals surface area contributed by atoms with Gasteiger partial charge in [-0.2, -0.15) is 0 Å². The van der Waals surface area contributed by atoms with Crippen molar-refractivity contribution in [3.8, 4) is 23.2 Å². The zero-order chi connectivity index (χ0) is 13.3. The molecular formula is C11H8N2O5. The van der Waals surface area contributed by atoms with Crippen LogP contribution in [0.4, 0.5) is 0 Å². The zero-order valence-corrected chi connectivity index (χ0v) is 8.94. The van der Waals surface area contributed by atoms with Crippen LogP contribution >= 0.6 is 0 Å². The summed E-state index contributed by atoms with van der Waals surface area (Å²) in [4.78, 5) is 21.1. The molecule has 0 saturated carbocycles. The van der Waals surface area contributed by atoms with Gasteiger partial charge in [-0.1, -0.05) is 0 Å². The summed E-state index contributed by atoms with van der Waals surface area (Å²) in [7, 11) is 0. The molecule has 0 fully saturated rings. The Morgan fingerprint density at radius 2 is 1.67 bits per heavy atom. The second-order valence-electron chi connectivity index (χ2n) is 3.48. The van der Waals surface area contributed by atoms with Crippen molar-refractivity contribution in [2.45, 2.75) is 0 Å². The van der Waals surface area contributed by atoms with Crippen molar-refractivity contribution >= 4 is 5.91 Å². The van der Waals surface area contributed by atoms with E-state index in [2.05, 4.69) is 5.18 Å². The maximum absolute atomic E-state index is 11.0. The number of phenols is 1. The summed E-state index contributed by atoms with van der Waals surface area (Å²) in [5.41, 5.74) is -0.0187. The Hall–Kier alpha value is -2.83. The average molecular weight is 248 g/mol. The molecule has 92 valence electrons. The quantitative estimate of drug-likeness (QED) is 0.697. The van der Waals surface area contributed by atoms with Crippen LogP contribution in [-0.2, 0) is 0 Å². The maximum atomic E-state index is 11.0. The van der Waals surface area contributed by atoms with E-state index < -0.39 is 11.7 Å². The van der Waals surface area contributed by atoms with Crippen LogP contribution in [0.5, 0.6) is 17.5 Å². The highest BCUT2D eigenvalue weighted by Crippen LogP contribution is 2.29. The topological polar surface area (TPSA) is 112 Å². The van der Waals surface area contributed by atoms with Gasteiger partial charge in [-0.05, 0) is 12.1 Å². The van der Waals surface area contributed by atoms with E-state index in [-0.39, 0.29) is 23.0 Å². The number of nitrogens with zero attached hydrogens (tertiary/aromatic N) is 2. The fraction of sp³-hybridized carbons (Fsp3) is 0. The Balaban J connectivity index is 2.53. The number of carbonyl (C=O) groups is 1. The summed E-state index contributed by atoms with van der Waals surface area (Å²) in [6.07, 6.45) is 0. The van der Waals surface area contributed by atoms with Gasteiger partial charge in [0.2, 0.25) is 0 Å².